The Morgan fingerprint density at radius 1 is 1.22 bits per heavy atom. The van der Waals surface area contributed by atoms with E-state index >= 15 is 0 Å². The number of unbranched alkanes of at least 4 members (excludes halogenated alkanes) is 1. The summed E-state index contributed by atoms with van der Waals surface area (Å²) >= 11 is 0. The molecule has 2 aromatic carbocycles. The summed E-state index contributed by atoms with van der Waals surface area (Å²) in [5, 5.41) is 11.4. The molecule has 1 saturated heterocycles. The quantitative estimate of drug-likeness (QED) is 0.787. The number of carbonyl (C=O) groups is 1. The topological polar surface area (TPSA) is 69.8 Å². The van der Waals surface area contributed by atoms with E-state index in [2.05, 4.69) is 11.8 Å². The van der Waals surface area contributed by atoms with E-state index in [4.69, 9.17) is 5.73 Å². The Balaban J connectivity index is 1.77. The third-order valence-corrected chi connectivity index (χ3v) is 5.51. The van der Waals surface area contributed by atoms with Gasteiger partial charge in [0, 0.05) is 43.8 Å². The Bertz CT molecular complexity index is 759. The zero-order valence-corrected chi connectivity index (χ0v) is 16.2. The lowest BCUT2D eigenvalue weighted by molar-refractivity contribution is 0.0421. The first-order valence-corrected chi connectivity index (χ1v) is 10.0. The highest BCUT2D eigenvalue weighted by Crippen LogP contribution is 2.23. The minimum atomic E-state index is -0.227. The fourth-order valence-corrected chi connectivity index (χ4v) is 3.97. The van der Waals surface area contributed by atoms with Gasteiger partial charge >= 0.3 is 0 Å². The van der Waals surface area contributed by atoms with E-state index in [0.717, 1.165) is 48.7 Å². The monoisotopic (exact) mass is 369 g/mol. The Morgan fingerprint density at radius 3 is 2.78 bits per heavy atom. The predicted molar refractivity (Wildman–Crippen MR) is 110 cm³/mol. The average molecular weight is 370 g/mol. The Hall–Kier alpha value is -1.95. The number of carbonyl (C=O) groups excluding carboxylic acids is 1. The predicted octanol–water partition coefficient (Wildman–Crippen LogP) is 2.48. The fourth-order valence-electron chi connectivity index (χ4n) is 3.97. The van der Waals surface area contributed by atoms with Crippen LogP contribution in [0.15, 0.2) is 42.5 Å². The van der Waals surface area contributed by atoms with Crippen LogP contribution < -0.4 is 5.73 Å². The SMILES string of the molecule is CCCC[C@H]1CN(C(=O)c2cccc3ccccc23)CCN1CC(N)CO. The number of hydrogen-bond donors (Lipinski definition) is 2. The number of fused-ring (bicyclic) bond motifs is 1. The molecule has 0 aromatic heterocycles. The van der Waals surface area contributed by atoms with Gasteiger partial charge in [0.15, 0.2) is 0 Å². The lowest BCUT2D eigenvalue weighted by atomic mass is 10.0. The van der Waals surface area contributed by atoms with Crippen LogP contribution in [0.2, 0.25) is 0 Å². The minimum absolute atomic E-state index is 0.00432. The van der Waals surface area contributed by atoms with Crippen LogP contribution in [-0.2, 0) is 0 Å². The molecule has 1 unspecified atom stereocenters. The van der Waals surface area contributed by atoms with Crippen molar-refractivity contribution in [3.05, 3.63) is 48.0 Å². The van der Waals surface area contributed by atoms with Gasteiger partial charge in [0.2, 0.25) is 0 Å². The number of nitrogens with two attached hydrogens (primary N) is 1. The van der Waals surface area contributed by atoms with Gasteiger partial charge in [-0.05, 0) is 23.3 Å². The molecule has 2 atom stereocenters. The second-order valence-electron chi connectivity index (χ2n) is 7.51. The van der Waals surface area contributed by atoms with Gasteiger partial charge in [-0.25, -0.2) is 0 Å². The molecule has 0 spiro atoms. The fraction of sp³-hybridized carbons (Fsp3) is 0.500. The van der Waals surface area contributed by atoms with Crippen molar-refractivity contribution < 1.29 is 9.90 Å². The highest BCUT2D eigenvalue weighted by molar-refractivity contribution is 6.07. The summed E-state index contributed by atoms with van der Waals surface area (Å²) in [6, 6.07) is 14.1. The number of rotatable bonds is 7. The molecule has 1 aliphatic rings. The van der Waals surface area contributed by atoms with Crippen molar-refractivity contribution in [2.75, 3.05) is 32.8 Å². The molecule has 0 radical (unpaired) electrons. The summed E-state index contributed by atoms with van der Waals surface area (Å²) in [6.45, 7) is 5.09. The van der Waals surface area contributed by atoms with Gasteiger partial charge in [-0.3, -0.25) is 9.69 Å². The van der Waals surface area contributed by atoms with Crippen molar-refractivity contribution in [1.82, 2.24) is 9.80 Å². The van der Waals surface area contributed by atoms with E-state index in [1.807, 2.05) is 47.4 Å². The van der Waals surface area contributed by atoms with Crippen molar-refractivity contribution in [1.29, 1.82) is 0 Å². The van der Waals surface area contributed by atoms with E-state index < -0.39 is 0 Å². The maximum Gasteiger partial charge on any atom is 0.254 e. The number of piperazine rings is 1. The molecule has 3 rings (SSSR count). The Labute approximate surface area is 161 Å². The third kappa shape index (κ3) is 4.67. The number of amides is 1. The summed E-state index contributed by atoms with van der Waals surface area (Å²) < 4.78 is 0. The number of nitrogens with zero attached hydrogens (tertiary/aromatic N) is 2. The largest absolute Gasteiger partial charge is 0.395 e. The number of aliphatic hydroxyl groups excluding tert-OH is 1. The lowest BCUT2D eigenvalue weighted by Gasteiger charge is -2.42. The Kier molecular flexibility index (Phi) is 6.83. The van der Waals surface area contributed by atoms with Crippen molar-refractivity contribution in [3.8, 4) is 0 Å². The molecular weight excluding hydrogens is 338 g/mol. The summed E-state index contributed by atoms with van der Waals surface area (Å²) in [6.07, 6.45) is 3.31. The van der Waals surface area contributed by atoms with Gasteiger partial charge in [0.05, 0.1) is 6.61 Å². The van der Waals surface area contributed by atoms with E-state index in [0.29, 0.717) is 19.1 Å². The van der Waals surface area contributed by atoms with Crippen LogP contribution in [0, 0.1) is 0 Å². The summed E-state index contributed by atoms with van der Waals surface area (Å²) in [4.78, 5) is 17.6. The molecule has 3 N–H and O–H groups in total. The molecule has 1 amide bonds. The maximum atomic E-state index is 13.3. The van der Waals surface area contributed by atoms with E-state index in [-0.39, 0.29) is 18.6 Å². The molecule has 146 valence electrons. The van der Waals surface area contributed by atoms with Crippen molar-refractivity contribution in [3.63, 3.8) is 0 Å². The average Bonchev–Trinajstić information content (AvgIpc) is 2.71. The van der Waals surface area contributed by atoms with Crippen LogP contribution in [0.3, 0.4) is 0 Å². The number of hydrogen-bond acceptors (Lipinski definition) is 4. The van der Waals surface area contributed by atoms with Gasteiger partial charge in [-0.15, -0.1) is 0 Å². The van der Waals surface area contributed by atoms with Gasteiger partial charge in [0.1, 0.15) is 0 Å². The highest BCUT2D eigenvalue weighted by Gasteiger charge is 2.30. The second-order valence-corrected chi connectivity index (χ2v) is 7.51. The van der Waals surface area contributed by atoms with Crippen LogP contribution in [0.1, 0.15) is 36.5 Å². The first kappa shape index (κ1) is 19.8. The van der Waals surface area contributed by atoms with Crippen LogP contribution >= 0.6 is 0 Å². The Morgan fingerprint density at radius 2 is 2.00 bits per heavy atom. The maximum absolute atomic E-state index is 13.3. The molecule has 0 saturated carbocycles. The standard InChI is InChI=1S/C22H31N3O2/c1-2-3-9-19-15-25(13-12-24(19)14-18(23)16-26)22(27)21-11-6-8-17-7-4-5-10-20(17)21/h4-8,10-11,18-19,26H,2-3,9,12-16,23H2,1H3/t18?,19-/m0/s1. The van der Waals surface area contributed by atoms with Gasteiger partial charge < -0.3 is 15.7 Å². The van der Waals surface area contributed by atoms with Crippen molar-refractivity contribution in [2.45, 2.75) is 38.3 Å². The van der Waals surface area contributed by atoms with Gasteiger partial charge in [-0.2, -0.15) is 0 Å². The molecule has 5 nitrogen and oxygen atoms in total. The molecular formula is C22H31N3O2. The highest BCUT2D eigenvalue weighted by atomic mass is 16.3. The molecule has 0 bridgehead atoms. The van der Waals surface area contributed by atoms with Crippen LogP contribution in [-0.4, -0.2) is 65.7 Å². The third-order valence-electron chi connectivity index (χ3n) is 5.51. The summed E-state index contributed by atoms with van der Waals surface area (Å²) in [7, 11) is 0. The summed E-state index contributed by atoms with van der Waals surface area (Å²) in [5.41, 5.74) is 6.75. The lowest BCUT2D eigenvalue weighted by Crippen LogP contribution is -2.57. The molecule has 2 aromatic rings. The van der Waals surface area contributed by atoms with E-state index in [1.165, 1.54) is 0 Å². The molecule has 5 heteroatoms. The first-order valence-electron chi connectivity index (χ1n) is 10.0. The molecule has 27 heavy (non-hydrogen) atoms. The van der Waals surface area contributed by atoms with Crippen LogP contribution in [0.5, 0.6) is 0 Å². The number of benzene rings is 2. The van der Waals surface area contributed by atoms with Crippen molar-refractivity contribution in [2.24, 2.45) is 5.73 Å². The van der Waals surface area contributed by atoms with E-state index in [9.17, 15) is 9.90 Å². The molecule has 0 aliphatic carbocycles. The van der Waals surface area contributed by atoms with Crippen LogP contribution in [0.4, 0.5) is 0 Å². The smallest absolute Gasteiger partial charge is 0.254 e. The normalized spacial score (nSPS) is 19.4. The minimum Gasteiger partial charge on any atom is -0.395 e. The zero-order chi connectivity index (χ0) is 19.2. The van der Waals surface area contributed by atoms with Gasteiger partial charge in [-0.1, -0.05) is 56.2 Å². The number of aliphatic hydroxyl groups is 1. The van der Waals surface area contributed by atoms with Crippen LogP contribution in [0.25, 0.3) is 10.8 Å². The molecule has 1 aliphatic heterocycles. The van der Waals surface area contributed by atoms with E-state index in [1.54, 1.807) is 0 Å². The molecule has 1 heterocycles. The second kappa shape index (κ2) is 9.31. The summed E-state index contributed by atoms with van der Waals surface area (Å²) in [5.74, 6) is 0.111. The van der Waals surface area contributed by atoms with Crippen molar-refractivity contribution >= 4 is 16.7 Å². The molecule has 1 fully saturated rings. The zero-order valence-electron chi connectivity index (χ0n) is 16.2. The first-order chi connectivity index (χ1) is 13.1. The van der Waals surface area contributed by atoms with Gasteiger partial charge in [0.25, 0.3) is 5.91 Å².